The lowest BCUT2D eigenvalue weighted by molar-refractivity contribution is 0.0809. The zero-order chi connectivity index (χ0) is 20.3. The maximum Gasteiger partial charge on any atom is 0.237 e. The van der Waals surface area contributed by atoms with Gasteiger partial charge in [-0.25, -0.2) is 0 Å². The van der Waals surface area contributed by atoms with E-state index in [1.807, 2.05) is 36.4 Å². The molecule has 0 saturated carbocycles. The lowest BCUT2D eigenvalue weighted by Crippen LogP contribution is -2.33. The van der Waals surface area contributed by atoms with E-state index in [1.54, 1.807) is 13.2 Å². The van der Waals surface area contributed by atoms with Gasteiger partial charge in [0, 0.05) is 16.7 Å². The molecule has 2 aliphatic carbocycles. The first-order valence-electron chi connectivity index (χ1n) is 9.95. The Morgan fingerprint density at radius 1 is 1.00 bits per heavy atom. The first-order valence-corrected chi connectivity index (χ1v) is 9.95. The molecule has 2 aliphatic rings. The van der Waals surface area contributed by atoms with Gasteiger partial charge in [-0.3, -0.25) is 9.59 Å². The second kappa shape index (κ2) is 6.18. The van der Waals surface area contributed by atoms with Gasteiger partial charge in [0.1, 0.15) is 17.6 Å². The average Bonchev–Trinajstić information content (AvgIpc) is 3.10. The molecule has 1 heterocycles. The van der Waals surface area contributed by atoms with E-state index in [-0.39, 0.29) is 11.5 Å². The van der Waals surface area contributed by atoms with Crippen LogP contribution in [0.1, 0.15) is 70.2 Å². The highest BCUT2D eigenvalue weighted by atomic mass is 16.5. The largest absolute Gasteiger partial charge is 0.486 e. The number of ketones is 2. The molecule has 3 aromatic rings. The van der Waals surface area contributed by atoms with Crippen molar-refractivity contribution >= 4 is 11.6 Å². The van der Waals surface area contributed by atoms with E-state index in [0.29, 0.717) is 28.0 Å². The van der Waals surface area contributed by atoms with Gasteiger partial charge < -0.3 is 9.15 Å². The Morgan fingerprint density at radius 2 is 1.72 bits per heavy atom. The van der Waals surface area contributed by atoms with Crippen LogP contribution < -0.4 is 4.74 Å². The van der Waals surface area contributed by atoms with E-state index in [0.717, 1.165) is 29.7 Å². The van der Waals surface area contributed by atoms with E-state index in [2.05, 4.69) is 19.9 Å². The van der Waals surface area contributed by atoms with Crippen LogP contribution in [-0.4, -0.2) is 11.6 Å². The summed E-state index contributed by atoms with van der Waals surface area (Å²) < 4.78 is 12.0. The zero-order valence-corrected chi connectivity index (χ0v) is 16.7. The Bertz CT molecular complexity index is 1150. The smallest absolute Gasteiger partial charge is 0.237 e. The molecule has 4 nitrogen and oxygen atoms in total. The van der Waals surface area contributed by atoms with Crippen LogP contribution in [0.4, 0.5) is 0 Å². The van der Waals surface area contributed by atoms with Gasteiger partial charge in [0.25, 0.3) is 0 Å². The van der Waals surface area contributed by atoms with Gasteiger partial charge in [0.2, 0.25) is 11.6 Å². The fourth-order valence-electron chi connectivity index (χ4n) is 4.68. The van der Waals surface area contributed by atoms with E-state index in [1.165, 1.54) is 0 Å². The number of carbonyl (C=O) groups excluding carboxylic acids is 2. The van der Waals surface area contributed by atoms with Crippen LogP contribution in [0, 0.1) is 6.92 Å². The fourth-order valence-corrected chi connectivity index (χ4v) is 4.68. The number of Topliss-reactive ketones (excluding diaryl/α,β-unsaturated/α-hetero) is 2. The molecule has 146 valence electrons. The normalized spacial score (nSPS) is 19.3. The summed E-state index contributed by atoms with van der Waals surface area (Å²) in [4.78, 5) is 26.2. The van der Waals surface area contributed by atoms with Crippen molar-refractivity contribution < 1.29 is 18.7 Å². The topological polar surface area (TPSA) is 56.5 Å². The first-order chi connectivity index (χ1) is 13.9. The minimum atomic E-state index is -0.492. The number of ether oxygens (including phenoxy) is 1. The monoisotopic (exact) mass is 386 g/mol. The molecule has 1 aromatic heterocycles. The molecule has 0 N–H and O–H groups in total. The Balaban J connectivity index is 1.75. The van der Waals surface area contributed by atoms with Crippen molar-refractivity contribution in [2.45, 2.75) is 45.1 Å². The SMILES string of the molecule is Cc1coc2c1C(=O)C(=O)c1c-2ccc2c1C(Oc1ccccc1)CCC2(C)C. The molecule has 0 fully saturated rings. The predicted molar refractivity (Wildman–Crippen MR) is 110 cm³/mol. The summed E-state index contributed by atoms with van der Waals surface area (Å²) in [6, 6.07) is 13.6. The number of rotatable bonds is 2. The lowest BCUT2D eigenvalue weighted by atomic mass is 9.68. The van der Waals surface area contributed by atoms with Gasteiger partial charge >= 0.3 is 0 Å². The van der Waals surface area contributed by atoms with Gasteiger partial charge in [-0.2, -0.15) is 0 Å². The predicted octanol–water partition coefficient (Wildman–Crippen LogP) is 5.83. The van der Waals surface area contributed by atoms with E-state index in [4.69, 9.17) is 9.15 Å². The summed E-state index contributed by atoms with van der Waals surface area (Å²) in [7, 11) is 0. The van der Waals surface area contributed by atoms with Crippen LogP contribution in [0.25, 0.3) is 11.3 Å². The lowest BCUT2D eigenvalue weighted by Gasteiger charge is -2.39. The second-order valence-corrected chi connectivity index (χ2v) is 8.57. The molecule has 0 spiro atoms. The summed E-state index contributed by atoms with van der Waals surface area (Å²) >= 11 is 0. The van der Waals surface area contributed by atoms with Crippen LogP contribution in [0.3, 0.4) is 0 Å². The van der Waals surface area contributed by atoms with Crippen LogP contribution in [0.5, 0.6) is 5.75 Å². The quantitative estimate of drug-likeness (QED) is 0.520. The van der Waals surface area contributed by atoms with Crippen molar-refractivity contribution in [2.24, 2.45) is 0 Å². The average molecular weight is 386 g/mol. The highest BCUT2D eigenvalue weighted by Gasteiger charge is 2.43. The summed E-state index contributed by atoms with van der Waals surface area (Å²) in [5.74, 6) is 0.291. The molecule has 5 rings (SSSR count). The van der Waals surface area contributed by atoms with Crippen molar-refractivity contribution in [3.63, 3.8) is 0 Å². The third-order valence-corrected chi connectivity index (χ3v) is 6.23. The molecule has 0 radical (unpaired) electrons. The van der Waals surface area contributed by atoms with Gasteiger partial charge in [-0.15, -0.1) is 0 Å². The molecule has 29 heavy (non-hydrogen) atoms. The van der Waals surface area contributed by atoms with E-state index in [9.17, 15) is 9.59 Å². The summed E-state index contributed by atoms with van der Waals surface area (Å²) in [5, 5.41) is 0. The number of hydrogen-bond acceptors (Lipinski definition) is 4. The molecule has 1 atom stereocenters. The number of benzene rings is 2. The number of hydrogen-bond donors (Lipinski definition) is 0. The van der Waals surface area contributed by atoms with Crippen LogP contribution in [-0.2, 0) is 5.41 Å². The van der Waals surface area contributed by atoms with Crippen molar-refractivity contribution in [1.82, 2.24) is 0 Å². The third kappa shape index (κ3) is 2.59. The molecule has 0 saturated heterocycles. The first kappa shape index (κ1) is 17.9. The van der Waals surface area contributed by atoms with Gasteiger partial charge in [0.15, 0.2) is 0 Å². The minimum absolute atomic E-state index is 0.108. The number of carbonyl (C=O) groups is 2. The number of aryl methyl sites for hydroxylation is 1. The summed E-state index contributed by atoms with van der Waals surface area (Å²) in [5.41, 5.74) is 4.01. The highest BCUT2D eigenvalue weighted by Crippen LogP contribution is 2.49. The Labute approximate surface area is 169 Å². The highest BCUT2D eigenvalue weighted by molar-refractivity contribution is 6.53. The molecule has 2 aromatic carbocycles. The third-order valence-electron chi connectivity index (χ3n) is 6.23. The van der Waals surface area contributed by atoms with Crippen molar-refractivity contribution in [3.05, 3.63) is 76.5 Å². The Hall–Kier alpha value is -3.14. The van der Waals surface area contributed by atoms with E-state index < -0.39 is 11.6 Å². The molecule has 4 heteroatoms. The Morgan fingerprint density at radius 3 is 2.48 bits per heavy atom. The summed E-state index contributed by atoms with van der Waals surface area (Å²) in [6.45, 7) is 6.14. The molecule has 0 aliphatic heterocycles. The van der Waals surface area contributed by atoms with Crippen molar-refractivity contribution in [1.29, 1.82) is 0 Å². The van der Waals surface area contributed by atoms with Crippen molar-refractivity contribution in [3.8, 4) is 17.1 Å². The number of fused-ring (bicyclic) bond motifs is 5. The number of furan rings is 1. The fraction of sp³-hybridized carbons (Fsp3) is 0.280. The van der Waals surface area contributed by atoms with Gasteiger partial charge in [-0.05, 0) is 48.4 Å². The van der Waals surface area contributed by atoms with Crippen molar-refractivity contribution in [2.75, 3.05) is 0 Å². The second-order valence-electron chi connectivity index (χ2n) is 8.57. The minimum Gasteiger partial charge on any atom is -0.486 e. The molecular formula is C25H22O4. The zero-order valence-electron chi connectivity index (χ0n) is 16.7. The number of para-hydroxylation sites is 1. The molecule has 0 amide bonds. The van der Waals surface area contributed by atoms with Crippen LogP contribution in [0.2, 0.25) is 0 Å². The standard InChI is InChI=1S/C25H22O4/c1-14-13-28-24-16-9-10-17-21(20(16)23(27)22(26)19(14)24)18(11-12-25(17,2)3)29-15-7-5-4-6-8-15/h4-10,13,18H,11-12H2,1-3H3. The summed E-state index contributed by atoms with van der Waals surface area (Å²) in [6.07, 6.45) is 2.97. The molecule has 1 unspecified atom stereocenters. The van der Waals surface area contributed by atoms with E-state index >= 15 is 0 Å². The maximum absolute atomic E-state index is 13.3. The molecular weight excluding hydrogens is 364 g/mol. The van der Waals surface area contributed by atoms with Gasteiger partial charge in [-0.1, -0.05) is 44.2 Å². The van der Waals surface area contributed by atoms with Crippen LogP contribution >= 0.6 is 0 Å². The van der Waals surface area contributed by atoms with Gasteiger partial charge in [0.05, 0.1) is 11.8 Å². The van der Waals surface area contributed by atoms with Crippen LogP contribution in [0.15, 0.2) is 53.1 Å². The maximum atomic E-state index is 13.3. The Kier molecular flexibility index (Phi) is 3.82. The molecule has 0 bridgehead atoms.